The second-order valence-electron chi connectivity index (χ2n) is 4.90. The molecule has 0 saturated heterocycles. The summed E-state index contributed by atoms with van der Waals surface area (Å²) in [7, 11) is 1.62. The fraction of sp³-hybridized carbons (Fsp3) is 0.333. The first kappa shape index (κ1) is 14.0. The van der Waals surface area contributed by atoms with Crippen LogP contribution in [0.5, 0.6) is 5.75 Å². The molecule has 0 amide bonds. The van der Waals surface area contributed by atoms with Crippen molar-refractivity contribution in [3.8, 4) is 5.75 Å². The Morgan fingerprint density at radius 2 is 2.24 bits per heavy atom. The van der Waals surface area contributed by atoms with E-state index in [1.165, 1.54) is 11.8 Å². The van der Waals surface area contributed by atoms with E-state index in [0.29, 0.717) is 6.04 Å². The van der Waals surface area contributed by atoms with E-state index in [0.717, 1.165) is 34.8 Å². The van der Waals surface area contributed by atoms with Crippen LogP contribution in [0.15, 0.2) is 35.5 Å². The number of aromatic nitrogens is 2. The highest BCUT2D eigenvalue weighted by atomic mass is 32.2. The van der Waals surface area contributed by atoms with Crippen LogP contribution in [0.4, 0.5) is 0 Å². The highest BCUT2D eigenvalue weighted by Crippen LogP contribution is 2.34. The van der Waals surface area contributed by atoms with Crippen LogP contribution in [0.2, 0.25) is 0 Å². The normalized spacial score (nSPS) is 14.9. The van der Waals surface area contributed by atoms with Crippen LogP contribution >= 0.6 is 11.8 Å². The van der Waals surface area contributed by atoms with Gasteiger partial charge in [0.25, 0.3) is 0 Å². The number of ether oxygens (including phenoxy) is 1. The predicted molar refractivity (Wildman–Crippen MR) is 82.1 cm³/mol. The van der Waals surface area contributed by atoms with Gasteiger partial charge in [0.05, 0.1) is 23.9 Å². The molecular formula is C15H16N2O3S. The quantitative estimate of drug-likeness (QED) is 0.679. The van der Waals surface area contributed by atoms with Gasteiger partial charge in [-0.05, 0) is 25.0 Å². The summed E-state index contributed by atoms with van der Waals surface area (Å²) in [6, 6.07) is 6.11. The summed E-state index contributed by atoms with van der Waals surface area (Å²) in [5.41, 5.74) is 1.87. The Morgan fingerprint density at radius 1 is 1.48 bits per heavy atom. The SMILES string of the molecule is COc1ccc2c(c1)nc(SCC(=O)O)n2C1CC=CC1. The first-order valence-electron chi connectivity index (χ1n) is 6.74. The Bertz CT molecular complexity index is 700. The van der Waals surface area contributed by atoms with Crippen LogP contribution in [-0.2, 0) is 4.79 Å². The van der Waals surface area contributed by atoms with Gasteiger partial charge in [-0.15, -0.1) is 0 Å². The van der Waals surface area contributed by atoms with Gasteiger partial charge in [-0.2, -0.15) is 0 Å². The molecule has 2 aromatic rings. The molecule has 1 aliphatic carbocycles. The Labute approximate surface area is 126 Å². The number of carboxylic acid groups (broad SMARTS) is 1. The Morgan fingerprint density at radius 3 is 2.90 bits per heavy atom. The van der Waals surface area contributed by atoms with Crippen LogP contribution in [0.3, 0.4) is 0 Å². The van der Waals surface area contributed by atoms with Crippen molar-refractivity contribution in [1.29, 1.82) is 0 Å². The smallest absolute Gasteiger partial charge is 0.313 e. The number of hydrogen-bond acceptors (Lipinski definition) is 4. The average molecular weight is 304 g/mol. The van der Waals surface area contributed by atoms with E-state index in [1.807, 2.05) is 18.2 Å². The number of hydrogen-bond donors (Lipinski definition) is 1. The molecule has 1 aliphatic rings. The van der Waals surface area contributed by atoms with Gasteiger partial charge in [0.15, 0.2) is 5.16 Å². The number of methoxy groups -OCH3 is 1. The molecule has 5 nitrogen and oxygen atoms in total. The predicted octanol–water partition coefficient (Wildman–Crippen LogP) is 3.11. The molecule has 0 aliphatic heterocycles. The molecule has 1 aromatic heterocycles. The lowest BCUT2D eigenvalue weighted by Crippen LogP contribution is -2.08. The van der Waals surface area contributed by atoms with E-state index < -0.39 is 5.97 Å². The number of carboxylic acids is 1. The van der Waals surface area contributed by atoms with Gasteiger partial charge in [-0.25, -0.2) is 4.98 Å². The molecule has 0 fully saturated rings. The van der Waals surface area contributed by atoms with Crippen molar-refractivity contribution in [2.75, 3.05) is 12.9 Å². The molecule has 1 aromatic carbocycles. The topological polar surface area (TPSA) is 64.3 Å². The zero-order chi connectivity index (χ0) is 14.8. The molecule has 1 N–H and O–H groups in total. The number of rotatable bonds is 5. The summed E-state index contributed by atoms with van der Waals surface area (Å²) in [5, 5.41) is 9.66. The number of allylic oxidation sites excluding steroid dienone is 2. The van der Waals surface area contributed by atoms with Crippen molar-refractivity contribution < 1.29 is 14.6 Å². The van der Waals surface area contributed by atoms with Crippen LogP contribution in [0.1, 0.15) is 18.9 Å². The highest BCUT2D eigenvalue weighted by molar-refractivity contribution is 7.99. The van der Waals surface area contributed by atoms with E-state index in [2.05, 4.69) is 21.7 Å². The minimum atomic E-state index is -0.833. The molecule has 0 atom stereocenters. The number of carbonyl (C=O) groups is 1. The van der Waals surface area contributed by atoms with Crippen molar-refractivity contribution in [2.24, 2.45) is 0 Å². The second kappa shape index (κ2) is 5.81. The summed E-state index contributed by atoms with van der Waals surface area (Å²) in [5.74, 6) is -0.0622. The van der Waals surface area contributed by atoms with Gasteiger partial charge in [0.2, 0.25) is 0 Å². The molecule has 0 spiro atoms. The first-order chi connectivity index (χ1) is 10.2. The fourth-order valence-corrected chi connectivity index (χ4v) is 3.38. The third-order valence-electron chi connectivity index (χ3n) is 3.54. The van der Waals surface area contributed by atoms with Crippen LogP contribution < -0.4 is 4.74 Å². The second-order valence-corrected chi connectivity index (χ2v) is 5.84. The number of fused-ring (bicyclic) bond motifs is 1. The standard InChI is InChI=1S/C15H16N2O3S/c1-20-11-6-7-13-12(8-11)16-15(21-9-14(18)19)17(13)10-4-2-3-5-10/h2-3,6-8,10H,4-5,9H2,1H3,(H,18,19). The first-order valence-corrected chi connectivity index (χ1v) is 7.73. The Hall–Kier alpha value is -1.95. The van der Waals surface area contributed by atoms with Gasteiger partial charge < -0.3 is 14.4 Å². The van der Waals surface area contributed by atoms with Crippen molar-refractivity contribution >= 4 is 28.8 Å². The summed E-state index contributed by atoms with van der Waals surface area (Å²) < 4.78 is 7.39. The molecule has 0 bridgehead atoms. The Kier molecular flexibility index (Phi) is 3.88. The maximum Gasteiger partial charge on any atom is 0.313 e. The Balaban J connectivity index is 2.05. The van der Waals surface area contributed by atoms with Gasteiger partial charge in [-0.3, -0.25) is 4.79 Å². The van der Waals surface area contributed by atoms with E-state index >= 15 is 0 Å². The van der Waals surface area contributed by atoms with Crippen LogP contribution in [0.25, 0.3) is 11.0 Å². The largest absolute Gasteiger partial charge is 0.497 e. The van der Waals surface area contributed by atoms with E-state index in [9.17, 15) is 4.79 Å². The third-order valence-corrected chi connectivity index (χ3v) is 4.47. The van der Waals surface area contributed by atoms with Crippen LogP contribution in [0, 0.1) is 0 Å². The number of thioether (sulfide) groups is 1. The zero-order valence-corrected chi connectivity index (χ0v) is 12.5. The van der Waals surface area contributed by atoms with Gasteiger partial charge >= 0.3 is 5.97 Å². The lowest BCUT2D eigenvalue weighted by Gasteiger charge is -2.15. The molecule has 3 rings (SSSR count). The number of imidazole rings is 1. The van der Waals surface area contributed by atoms with Crippen molar-refractivity contribution in [3.63, 3.8) is 0 Å². The minimum absolute atomic E-state index is 0.0145. The summed E-state index contributed by atoms with van der Waals surface area (Å²) >= 11 is 1.26. The van der Waals surface area contributed by atoms with Crippen LogP contribution in [-0.4, -0.2) is 33.5 Å². The van der Waals surface area contributed by atoms with Gasteiger partial charge in [0.1, 0.15) is 5.75 Å². The molecule has 0 radical (unpaired) electrons. The summed E-state index contributed by atoms with van der Waals surface area (Å²) in [4.78, 5) is 15.4. The summed E-state index contributed by atoms with van der Waals surface area (Å²) in [6.07, 6.45) is 6.23. The zero-order valence-electron chi connectivity index (χ0n) is 11.7. The number of nitrogens with zero attached hydrogens (tertiary/aromatic N) is 2. The maximum absolute atomic E-state index is 10.8. The summed E-state index contributed by atoms with van der Waals surface area (Å²) in [6.45, 7) is 0. The monoisotopic (exact) mass is 304 g/mol. The van der Waals surface area contributed by atoms with E-state index in [4.69, 9.17) is 9.84 Å². The molecule has 110 valence electrons. The number of benzene rings is 1. The van der Waals surface area contributed by atoms with E-state index in [-0.39, 0.29) is 5.75 Å². The molecule has 0 saturated carbocycles. The van der Waals surface area contributed by atoms with Crippen molar-refractivity contribution in [3.05, 3.63) is 30.4 Å². The number of aliphatic carboxylic acids is 1. The maximum atomic E-state index is 10.8. The van der Waals surface area contributed by atoms with Gasteiger partial charge in [0, 0.05) is 12.1 Å². The van der Waals surface area contributed by atoms with Crippen molar-refractivity contribution in [2.45, 2.75) is 24.0 Å². The molecule has 0 unspecified atom stereocenters. The lowest BCUT2D eigenvalue weighted by atomic mass is 10.2. The molecule has 6 heteroatoms. The van der Waals surface area contributed by atoms with Gasteiger partial charge in [-0.1, -0.05) is 23.9 Å². The molecular weight excluding hydrogens is 288 g/mol. The van der Waals surface area contributed by atoms with E-state index in [1.54, 1.807) is 7.11 Å². The highest BCUT2D eigenvalue weighted by Gasteiger charge is 2.21. The lowest BCUT2D eigenvalue weighted by molar-refractivity contribution is -0.133. The fourth-order valence-electron chi connectivity index (χ4n) is 2.58. The van der Waals surface area contributed by atoms with Crippen molar-refractivity contribution in [1.82, 2.24) is 9.55 Å². The average Bonchev–Trinajstić information content (AvgIpc) is 3.10. The third kappa shape index (κ3) is 2.76. The molecule has 1 heterocycles. The minimum Gasteiger partial charge on any atom is -0.497 e. The molecule has 21 heavy (non-hydrogen) atoms.